The van der Waals surface area contributed by atoms with E-state index in [1.165, 1.54) is 19.1 Å². The van der Waals surface area contributed by atoms with E-state index in [0.717, 1.165) is 11.8 Å². The standard InChI is InChI=1S/C6H9NO4S2/c1-6(13(7,10)11)3-2-4(12-6)5(8)9/h2-4H,1H3,(H,8,9)(H2,7,10,11). The summed E-state index contributed by atoms with van der Waals surface area (Å²) in [5.41, 5.74) is 0. The van der Waals surface area contributed by atoms with E-state index in [1.807, 2.05) is 0 Å². The Bertz CT molecular complexity index is 361. The topological polar surface area (TPSA) is 97.5 Å². The summed E-state index contributed by atoms with van der Waals surface area (Å²) < 4.78 is 20.8. The summed E-state index contributed by atoms with van der Waals surface area (Å²) in [6, 6.07) is 0. The van der Waals surface area contributed by atoms with E-state index in [9.17, 15) is 13.2 Å². The van der Waals surface area contributed by atoms with Gasteiger partial charge in [-0.2, -0.15) is 0 Å². The number of rotatable bonds is 2. The molecule has 7 heteroatoms. The zero-order chi connectivity index (χ0) is 10.3. The van der Waals surface area contributed by atoms with Gasteiger partial charge in [0, 0.05) is 0 Å². The molecule has 1 aliphatic heterocycles. The van der Waals surface area contributed by atoms with Crippen molar-refractivity contribution < 1.29 is 18.3 Å². The summed E-state index contributed by atoms with van der Waals surface area (Å²) in [4.78, 5) is 10.5. The molecule has 0 aliphatic carbocycles. The van der Waals surface area contributed by atoms with Gasteiger partial charge in [0.1, 0.15) is 9.33 Å². The van der Waals surface area contributed by atoms with Crippen LogP contribution in [-0.2, 0) is 14.8 Å². The van der Waals surface area contributed by atoms with E-state index in [4.69, 9.17) is 10.2 Å². The third-order valence-electron chi connectivity index (χ3n) is 1.74. The van der Waals surface area contributed by atoms with Crippen molar-refractivity contribution in [2.45, 2.75) is 16.3 Å². The largest absolute Gasteiger partial charge is 0.480 e. The molecule has 0 aromatic carbocycles. The number of thioether (sulfide) groups is 1. The lowest BCUT2D eigenvalue weighted by Crippen LogP contribution is -2.35. The summed E-state index contributed by atoms with van der Waals surface area (Å²) in [6.45, 7) is 1.38. The molecular weight excluding hydrogens is 214 g/mol. The minimum Gasteiger partial charge on any atom is -0.480 e. The van der Waals surface area contributed by atoms with E-state index in [1.54, 1.807) is 0 Å². The van der Waals surface area contributed by atoms with Gasteiger partial charge in [-0.25, -0.2) is 13.6 Å². The van der Waals surface area contributed by atoms with Gasteiger partial charge in [-0.3, -0.25) is 4.79 Å². The fourth-order valence-electron chi connectivity index (χ4n) is 0.887. The molecule has 0 amide bonds. The summed E-state index contributed by atoms with van der Waals surface area (Å²) in [5, 5.41) is 12.7. The number of carbonyl (C=O) groups is 1. The first-order chi connectivity index (χ1) is 5.76. The Morgan fingerprint density at radius 2 is 2.23 bits per heavy atom. The molecule has 1 rings (SSSR count). The lowest BCUT2D eigenvalue weighted by atomic mass is 10.3. The van der Waals surface area contributed by atoms with Crippen LogP contribution in [0, 0.1) is 0 Å². The second kappa shape index (κ2) is 3.00. The Kier molecular flexibility index (Phi) is 2.44. The number of nitrogens with two attached hydrogens (primary N) is 1. The van der Waals surface area contributed by atoms with Crippen LogP contribution in [0.1, 0.15) is 6.92 Å². The molecule has 2 atom stereocenters. The third kappa shape index (κ3) is 1.87. The molecular formula is C6H9NO4S2. The smallest absolute Gasteiger partial charge is 0.320 e. The van der Waals surface area contributed by atoms with Crippen molar-refractivity contribution in [1.82, 2.24) is 0 Å². The van der Waals surface area contributed by atoms with Gasteiger partial charge < -0.3 is 5.11 Å². The van der Waals surface area contributed by atoms with Crippen LogP contribution >= 0.6 is 11.8 Å². The van der Waals surface area contributed by atoms with Crippen LogP contribution < -0.4 is 5.14 Å². The zero-order valence-electron chi connectivity index (χ0n) is 6.80. The second-order valence-electron chi connectivity index (χ2n) is 2.80. The van der Waals surface area contributed by atoms with Crippen molar-refractivity contribution in [1.29, 1.82) is 0 Å². The van der Waals surface area contributed by atoms with Crippen LogP contribution in [0.15, 0.2) is 12.2 Å². The summed E-state index contributed by atoms with van der Waals surface area (Å²) >= 11 is 0.804. The lowest BCUT2D eigenvalue weighted by molar-refractivity contribution is -0.135. The van der Waals surface area contributed by atoms with Gasteiger partial charge in [-0.1, -0.05) is 12.2 Å². The van der Waals surface area contributed by atoms with E-state index in [2.05, 4.69) is 0 Å². The Morgan fingerprint density at radius 3 is 2.46 bits per heavy atom. The highest BCUT2D eigenvalue weighted by Gasteiger charge is 2.42. The first-order valence-electron chi connectivity index (χ1n) is 3.38. The van der Waals surface area contributed by atoms with Gasteiger partial charge in [0.05, 0.1) is 0 Å². The van der Waals surface area contributed by atoms with Crippen LogP contribution in [0.2, 0.25) is 0 Å². The monoisotopic (exact) mass is 223 g/mol. The van der Waals surface area contributed by atoms with Crippen molar-refractivity contribution in [3.63, 3.8) is 0 Å². The van der Waals surface area contributed by atoms with Gasteiger partial charge in [-0.15, -0.1) is 11.8 Å². The maximum absolute atomic E-state index is 11.0. The number of hydrogen-bond acceptors (Lipinski definition) is 4. The molecule has 5 nitrogen and oxygen atoms in total. The van der Waals surface area contributed by atoms with E-state index < -0.39 is 25.3 Å². The van der Waals surface area contributed by atoms with Gasteiger partial charge in [0.15, 0.2) is 0 Å². The summed E-state index contributed by atoms with van der Waals surface area (Å²) in [7, 11) is -3.76. The fraction of sp³-hybridized carbons (Fsp3) is 0.500. The number of carboxylic acid groups (broad SMARTS) is 1. The molecule has 0 fully saturated rings. The first-order valence-corrected chi connectivity index (χ1v) is 5.81. The Labute approximate surface area is 80.0 Å². The zero-order valence-corrected chi connectivity index (χ0v) is 8.43. The third-order valence-corrected chi connectivity index (χ3v) is 5.21. The van der Waals surface area contributed by atoms with Gasteiger partial charge in [0.25, 0.3) is 0 Å². The van der Waals surface area contributed by atoms with Crippen LogP contribution in [0.5, 0.6) is 0 Å². The van der Waals surface area contributed by atoms with Crippen LogP contribution in [0.25, 0.3) is 0 Å². The highest BCUT2D eigenvalue weighted by atomic mass is 32.3. The van der Waals surface area contributed by atoms with Crippen molar-refractivity contribution in [2.24, 2.45) is 5.14 Å². The average molecular weight is 223 g/mol. The highest BCUT2D eigenvalue weighted by Crippen LogP contribution is 2.40. The molecule has 13 heavy (non-hydrogen) atoms. The minimum atomic E-state index is -3.76. The van der Waals surface area contributed by atoms with E-state index in [-0.39, 0.29) is 0 Å². The molecule has 0 radical (unpaired) electrons. The number of sulfonamides is 1. The Hall–Kier alpha value is -0.530. The molecule has 0 aromatic rings. The minimum absolute atomic E-state index is 0.804. The number of carboxylic acids is 1. The second-order valence-corrected chi connectivity index (χ2v) is 6.58. The van der Waals surface area contributed by atoms with Crippen molar-refractivity contribution in [3.8, 4) is 0 Å². The van der Waals surface area contributed by atoms with Crippen LogP contribution in [0.4, 0.5) is 0 Å². The van der Waals surface area contributed by atoms with Gasteiger partial charge in [-0.05, 0) is 6.92 Å². The van der Waals surface area contributed by atoms with Crippen molar-refractivity contribution in [3.05, 3.63) is 12.2 Å². The molecule has 74 valence electrons. The fourth-order valence-corrected chi connectivity index (χ4v) is 2.92. The quantitative estimate of drug-likeness (QED) is 0.629. The number of hydrogen-bond donors (Lipinski definition) is 2. The van der Waals surface area contributed by atoms with E-state index in [0.29, 0.717) is 0 Å². The van der Waals surface area contributed by atoms with Gasteiger partial charge in [0.2, 0.25) is 10.0 Å². The van der Waals surface area contributed by atoms with E-state index >= 15 is 0 Å². The van der Waals surface area contributed by atoms with Crippen LogP contribution in [0.3, 0.4) is 0 Å². The Balaban J connectivity index is 2.94. The molecule has 0 bridgehead atoms. The maximum atomic E-state index is 11.0. The molecule has 0 saturated heterocycles. The molecule has 1 heterocycles. The average Bonchev–Trinajstić information content (AvgIpc) is 2.31. The predicted molar refractivity (Wildman–Crippen MR) is 49.7 cm³/mol. The molecule has 0 aromatic heterocycles. The Morgan fingerprint density at radius 1 is 1.69 bits per heavy atom. The molecule has 0 spiro atoms. The summed E-state index contributed by atoms with van der Waals surface area (Å²) in [6.07, 6.45) is 2.64. The summed E-state index contributed by atoms with van der Waals surface area (Å²) in [5.74, 6) is -1.06. The number of aliphatic carboxylic acids is 1. The maximum Gasteiger partial charge on any atom is 0.320 e. The SMILES string of the molecule is CC1(S(N)(=O)=O)C=CC(C(=O)O)S1. The molecule has 2 unspecified atom stereocenters. The highest BCUT2D eigenvalue weighted by molar-refractivity contribution is 8.15. The number of primary sulfonamides is 1. The van der Waals surface area contributed by atoms with Crippen molar-refractivity contribution in [2.75, 3.05) is 0 Å². The normalized spacial score (nSPS) is 33.5. The van der Waals surface area contributed by atoms with Crippen molar-refractivity contribution >= 4 is 27.8 Å². The lowest BCUT2D eigenvalue weighted by Gasteiger charge is -2.18. The first kappa shape index (κ1) is 10.6. The predicted octanol–water partition coefficient (Wildman–Crippen LogP) is -0.253. The van der Waals surface area contributed by atoms with Gasteiger partial charge >= 0.3 is 5.97 Å². The molecule has 0 saturated carbocycles. The molecule has 1 aliphatic rings. The van der Waals surface area contributed by atoms with Crippen LogP contribution in [-0.4, -0.2) is 28.8 Å². The molecule has 3 N–H and O–H groups in total.